The van der Waals surface area contributed by atoms with E-state index in [1.807, 2.05) is 11.3 Å². The Balaban J connectivity index is 1.39. The first-order chi connectivity index (χ1) is 22.8. The molecule has 0 bridgehead atoms. The summed E-state index contributed by atoms with van der Waals surface area (Å²) in [7, 11) is 0. The highest BCUT2D eigenvalue weighted by Gasteiger charge is 2.27. The van der Waals surface area contributed by atoms with Gasteiger partial charge in [-0.15, -0.1) is 11.3 Å². The van der Waals surface area contributed by atoms with Crippen molar-refractivity contribution in [1.82, 2.24) is 4.57 Å². The van der Waals surface area contributed by atoms with Crippen molar-refractivity contribution in [3.63, 3.8) is 0 Å². The first-order valence-electron chi connectivity index (χ1n) is 16.0. The zero-order valence-electron chi connectivity index (χ0n) is 25.6. The smallest absolute Gasteiger partial charge is 0.0616 e. The van der Waals surface area contributed by atoms with Gasteiger partial charge < -0.3 is 9.47 Å². The zero-order valence-corrected chi connectivity index (χ0v) is 26.4. The standard InChI is InChI=1S/C43H32N2S/c1-29-32-19-8-11-24-39(32)44(30-15-4-2-5-16-30)28-42-38(34-21-10-13-26-41(34)46-42)27-37(29)36-23-14-22-35-33-20-9-12-25-40(33)45(43(35)36)31-17-6-3-7-18-31/h2-27,29H,28H2,1H3/b37-27+. The second kappa shape index (κ2) is 10.9. The topological polar surface area (TPSA) is 8.17 Å². The molecule has 46 heavy (non-hydrogen) atoms. The van der Waals surface area contributed by atoms with E-state index in [1.54, 1.807) is 0 Å². The molecule has 1 aliphatic rings. The molecule has 9 rings (SSSR count). The van der Waals surface area contributed by atoms with Gasteiger partial charge in [0.25, 0.3) is 0 Å². The minimum Gasteiger partial charge on any atom is -0.336 e. The van der Waals surface area contributed by atoms with Crippen LogP contribution in [0, 0.1) is 0 Å². The number of nitrogens with zero attached hydrogens (tertiary/aromatic N) is 2. The minimum absolute atomic E-state index is 0.125. The highest BCUT2D eigenvalue weighted by atomic mass is 32.1. The summed E-state index contributed by atoms with van der Waals surface area (Å²) >= 11 is 1.92. The van der Waals surface area contributed by atoms with Crippen LogP contribution in [0.5, 0.6) is 0 Å². The van der Waals surface area contributed by atoms with E-state index in [0.717, 1.165) is 6.54 Å². The van der Waals surface area contributed by atoms with Gasteiger partial charge in [0.1, 0.15) is 0 Å². The largest absolute Gasteiger partial charge is 0.336 e. The lowest BCUT2D eigenvalue weighted by molar-refractivity contribution is 0.943. The Morgan fingerprint density at radius 3 is 2.07 bits per heavy atom. The summed E-state index contributed by atoms with van der Waals surface area (Å²) in [5, 5.41) is 3.87. The second-order valence-corrected chi connectivity index (χ2v) is 13.3. The lowest BCUT2D eigenvalue weighted by atomic mass is 9.85. The number of benzene rings is 6. The number of aromatic nitrogens is 1. The van der Waals surface area contributed by atoms with Crippen molar-refractivity contribution in [2.24, 2.45) is 0 Å². The number of anilines is 2. The Kier molecular flexibility index (Phi) is 6.39. The monoisotopic (exact) mass is 608 g/mol. The summed E-state index contributed by atoms with van der Waals surface area (Å²) in [6, 6.07) is 55.3. The average molecular weight is 609 g/mol. The summed E-state index contributed by atoms with van der Waals surface area (Å²) in [4.78, 5) is 3.89. The SMILES string of the molecule is CC1/C(c2cccc3c4ccccc4n(-c4ccccc4)c23)=C\c2c(sc3ccccc23)CN(c2ccccc2)c2ccccc21. The van der Waals surface area contributed by atoms with Crippen molar-refractivity contribution in [3.05, 3.63) is 173 Å². The van der Waals surface area contributed by atoms with E-state index >= 15 is 0 Å². The second-order valence-electron chi connectivity index (χ2n) is 12.1. The lowest BCUT2D eigenvalue weighted by Crippen LogP contribution is -2.18. The van der Waals surface area contributed by atoms with E-state index in [9.17, 15) is 0 Å². The van der Waals surface area contributed by atoms with E-state index in [-0.39, 0.29) is 5.92 Å². The molecule has 0 fully saturated rings. The third-order valence-corrected chi connectivity index (χ3v) is 10.7. The minimum atomic E-state index is 0.125. The normalized spacial score (nSPS) is 16.0. The third kappa shape index (κ3) is 4.23. The highest BCUT2D eigenvalue weighted by Crippen LogP contribution is 2.47. The predicted octanol–water partition coefficient (Wildman–Crippen LogP) is 12.0. The number of rotatable bonds is 3. The van der Waals surface area contributed by atoms with Gasteiger partial charge in [0.05, 0.1) is 17.6 Å². The molecule has 0 radical (unpaired) electrons. The van der Waals surface area contributed by atoms with Crippen LogP contribution in [0.15, 0.2) is 152 Å². The number of hydrogen-bond donors (Lipinski definition) is 0. The fourth-order valence-corrected chi connectivity index (χ4v) is 8.59. The van der Waals surface area contributed by atoms with Gasteiger partial charge in [-0.05, 0) is 65.2 Å². The molecule has 8 aromatic rings. The number of thiophene rings is 1. The molecule has 2 aromatic heterocycles. The summed E-state index contributed by atoms with van der Waals surface area (Å²) in [6.45, 7) is 3.20. The van der Waals surface area contributed by atoms with Crippen molar-refractivity contribution in [2.45, 2.75) is 19.4 Å². The van der Waals surface area contributed by atoms with Crippen LogP contribution >= 0.6 is 11.3 Å². The molecule has 0 N–H and O–H groups in total. The molecule has 0 saturated carbocycles. The van der Waals surface area contributed by atoms with Crippen molar-refractivity contribution in [1.29, 1.82) is 0 Å². The highest BCUT2D eigenvalue weighted by molar-refractivity contribution is 7.19. The molecular formula is C43H32N2S. The predicted molar refractivity (Wildman–Crippen MR) is 198 cm³/mol. The average Bonchev–Trinajstić information content (AvgIpc) is 3.66. The third-order valence-electron chi connectivity index (χ3n) is 9.56. The Labute approximate surface area is 273 Å². The van der Waals surface area contributed by atoms with E-state index < -0.39 is 0 Å². The summed E-state index contributed by atoms with van der Waals surface area (Å²) < 4.78 is 3.80. The van der Waals surface area contributed by atoms with Gasteiger partial charge in [-0.25, -0.2) is 0 Å². The number of fused-ring (bicyclic) bond motifs is 7. The Hall–Kier alpha value is -5.38. The summed E-state index contributed by atoms with van der Waals surface area (Å²) in [5.74, 6) is 0.125. The Morgan fingerprint density at radius 1 is 0.587 bits per heavy atom. The summed E-state index contributed by atoms with van der Waals surface area (Å²) in [6.07, 6.45) is 2.52. The van der Waals surface area contributed by atoms with Crippen molar-refractivity contribution < 1.29 is 0 Å². The lowest BCUT2D eigenvalue weighted by Gasteiger charge is -2.29. The molecule has 1 aliphatic heterocycles. The van der Waals surface area contributed by atoms with Crippen LogP contribution in [0.1, 0.15) is 34.4 Å². The van der Waals surface area contributed by atoms with E-state index in [1.165, 1.54) is 76.1 Å². The maximum atomic E-state index is 2.52. The molecule has 2 nitrogen and oxygen atoms in total. The van der Waals surface area contributed by atoms with E-state index in [0.29, 0.717) is 0 Å². The molecule has 0 aliphatic carbocycles. The molecule has 3 heteroatoms. The van der Waals surface area contributed by atoms with Crippen LogP contribution in [-0.2, 0) is 6.54 Å². The van der Waals surface area contributed by atoms with Gasteiger partial charge in [0, 0.05) is 54.3 Å². The Bertz CT molecular complexity index is 2410. The van der Waals surface area contributed by atoms with Crippen molar-refractivity contribution in [2.75, 3.05) is 4.90 Å². The van der Waals surface area contributed by atoms with Gasteiger partial charge in [0.15, 0.2) is 0 Å². The fourth-order valence-electron chi connectivity index (χ4n) is 7.41. The van der Waals surface area contributed by atoms with Crippen LogP contribution in [0.25, 0.3) is 49.2 Å². The molecule has 0 saturated heterocycles. The van der Waals surface area contributed by atoms with Crippen LogP contribution in [0.4, 0.5) is 11.4 Å². The van der Waals surface area contributed by atoms with Gasteiger partial charge in [0.2, 0.25) is 0 Å². The molecule has 220 valence electrons. The first kappa shape index (κ1) is 27.0. The fraction of sp³-hybridized carbons (Fsp3) is 0.0698. The zero-order chi connectivity index (χ0) is 30.6. The molecule has 0 amide bonds. The molecule has 1 unspecified atom stereocenters. The molecule has 6 aromatic carbocycles. The molecule has 3 heterocycles. The van der Waals surface area contributed by atoms with Crippen LogP contribution in [0.2, 0.25) is 0 Å². The number of para-hydroxylation sites is 5. The quantitative estimate of drug-likeness (QED) is 0.194. The maximum Gasteiger partial charge on any atom is 0.0616 e. The number of hydrogen-bond acceptors (Lipinski definition) is 2. The van der Waals surface area contributed by atoms with Gasteiger partial charge in [-0.3, -0.25) is 0 Å². The van der Waals surface area contributed by atoms with E-state index in [4.69, 9.17) is 0 Å². The molecule has 1 atom stereocenters. The summed E-state index contributed by atoms with van der Waals surface area (Å²) in [5.41, 5.74) is 11.4. The maximum absolute atomic E-state index is 2.52. The van der Waals surface area contributed by atoms with Crippen LogP contribution in [0.3, 0.4) is 0 Å². The first-order valence-corrected chi connectivity index (χ1v) is 16.8. The van der Waals surface area contributed by atoms with Gasteiger partial charge in [-0.2, -0.15) is 0 Å². The van der Waals surface area contributed by atoms with Crippen LogP contribution in [-0.4, -0.2) is 4.57 Å². The van der Waals surface area contributed by atoms with Crippen molar-refractivity contribution >= 4 is 66.3 Å². The van der Waals surface area contributed by atoms with Crippen molar-refractivity contribution in [3.8, 4) is 5.69 Å². The van der Waals surface area contributed by atoms with Crippen LogP contribution < -0.4 is 4.90 Å². The van der Waals surface area contributed by atoms with Gasteiger partial charge >= 0.3 is 0 Å². The molecular weight excluding hydrogens is 577 g/mol. The van der Waals surface area contributed by atoms with E-state index in [2.05, 4.69) is 174 Å². The number of allylic oxidation sites excluding steroid dienone is 1. The molecule has 0 spiro atoms. The van der Waals surface area contributed by atoms with Gasteiger partial charge in [-0.1, -0.05) is 116 Å². The Morgan fingerprint density at radius 2 is 1.24 bits per heavy atom.